The Hall–Kier alpha value is -0.910. The predicted octanol–water partition coefficient (Wildman–Crippen LogP) is 3.76. The summed E-state index contributed by atoms with van der Waals surface area (Å²) in [4.78, 5) is 18.9. The first-order valence-corrected chi connectivity index (χ1v) is 10.9. The third kappa shape index (κ3) is 3.23. The summed E-state index contributed by atoms with van der Waals surface area (Å²) >= 11 is 1.88. The molecule has 5 heteroatoms. The van der Waals surface area contributed by atoms with E-state index in [1.807, 2.05) is 11.3 Å². The van der Waals surface area contributed by atoms with Gasteiger partial charge in [0.1, 0.15) is 0 Å². The van der Waals surface area contributed by atoms with Gasteiger partial charge in [0, 0.05) is 31.1 Å². The Bertz CT molecular complexity index is 665. The first-order valence-electron chi connectivity index (χ1n) is 10.0. The van der Waals surface area contributed by atoms with E-state index in [4.69, 9.17) is 4.74 Å². The Balaban J connectivity index is 1.38. The lowest BCUT2D eigenvalue weighted by atomic mass is 9.48. The highest BCUT2D eigenvalue weighted by Crippen LogP contribution is 2.63. The van der Waals surface area contributed by atoms with Gasteiger partial charge in [0.25, 0.3) is 0 Å². The van der Waals surface area contributed by atoms with Crippen LogP contribution in [-0.2, 0) is 22.6 Å². The molecule has 1 aliphatic carbocycles. The van der Waals surface area contributed by atoms with Crippen molar-refractivity contribution in [1.82, 2.24) is 9.80 Å². The molecule has 4 nitrogen and oxygen atoms in total. The molecule has 1 saturated carbocycles. The van der Waals surface area contributed by atoms with Gasteiger partial charge < -0.3 is 4.74 Å². The first-order chi connectivity index (χ1) is 12.4. The summed E-state index contributed by atoms with van der Waals surface area (Å²) in [6.07, 6.45) is 5.04. The molecule has 0 amide bonds. The zero-order chi connectivity index (χ0) is 18.4. The summed E-state index contributed by atoms with van der Waals surface area (Å²) in [6, 6.07) is 2.38. The molecule has 0 aromatic carbocycles. The molecule has 26 heavy (non-hydrogen) atoms. The number of nitrogens with zero attached hydrogens (tertiary/aromatic N) is 2. The van der Waals surface area contributed by atoms with Crippen molar-refractivity contribution >= 4 is 17.3 Å². The van der Waals surface area contributed by atoms with Gasteiger partial charge in [-0.15, -0.1) is 11.3 Å². The van der Waals surface area contributed by atoms with E-state index in [-0.39, 0.29) is 16.8 Å². The fourth-order valence-electron chi connectivity index (χ4n) is 5.78. The van der Waals surface area contributed by atoms with Crippen LogP contribution in [-0.4, -0.2) is 49.1 Å². The molecule has 1 aromatic heterocycles. The van der Waals surface area contributed by atoms with Crippen LogP contribution < -0.4 is 0 Å². The molecule has 2 atom stereocenters. The van der Waals surface area contributed by atoms with Gasteiger partial charge in [0.05, 0.1) is 12.5 Å². The van der Waals surface area contributed by atoms with Crippen LogP contribution in [0.2, 0.25) is 0 Å². The second kappa shape index (κ2) is 6.92. The molecule has 3 aliphatic rings. The molecule has 0 radical (unpaired) electrons. The molecule has 0 spiro atoms. The Morgan fingerprint density at radius 2 is 2.00 bits per heavy atom. The maximum absolute atomic E-state index is 12.5. The minimum atomic E-state index is -0.258. The van der Waals surface area contributed by atoms with Gasteiger partial charge in [-0.05, 0) is 60.7 Å². The summed E-state index contributed by atoms with van der Waals surface area (Å²) < 4.78 is 5.17. The van der Waals surface area contributed by atoms with Crippen LogP contribution in [0.5, 0.6) is 0 Å². The van der Waals surface area contributed by atoms with Gasteiger partial charge in [-0.1, -0.05) is 20.3 Å². The van der Waals surface area contributed by atoms with Gasteiger partial charge in [-0.2, -0.15) is 0 Å². The van der Waals surface area contributed by atoms with E-state index in [1.165, 1.54) is 49.9 Å². The lowest BCUT2D eigenvalue weighted by Gasteiger charge is -2.54. The van der Waals surface area contributed by atoms with E-state index in [0.29, 0.717) is 5.92 Å². The molecule has 2 saturated heterocycles. The molecular formula is C21H32N2O2S. The van der Waals surface area contributed by atoms with Gasteiger partial charge in [0.2, 0.25) is 0 Å². The number of hydrogen-bond acceptors (Lipinski definition) is 5. The number of hydrogen-bond donors (Lipinski definition) is 0. The number of carbonyl (C=O) groups is 1. The SMILES string of the molecule is COC(=O)[C@@]12CN(Cc3cc(CN4CCCCC4)cs3)C[C@@H]1C(C)(C)C2. The highest BCUT2D eigenvalue weighted by Gasteiger charge is 2.67. The number of ether oxygens (including phenoxy) is 1. The van der Waals surface area contributed by atoms with E-state index in [1.54, 1.807) is 0 Å². The van der Waals surface area contributed by atoms with Crippen LogP contribution in [0.4, 0.5) is 0 Å². The third-order valence-corrected chi connectivity index (χ3v) is 7.83. The number of esters is 1. The van der Waals surface area contributed by atoms with Crippen molar-refractivity contribution in [3.8, 4) is 0 Å². The number of thiophene rings is 1. The average Bonchev–Trinajstić information content (AvgIpc) is 3.18. The highest BCUT2D eigenvalue weighted by atomic mass is 32.1. The monoisotopic (exact) mass is 376 g/mol. The van der Waals surface area contributed by atoms with Crippen molar-refractivity contribution in [2.24, 2.45) is 16.7 Å². The summed E-state index contributed by atoms with van der Waals surface area (Å²) in [5.74, 6) is 0.427. The van der Waals surface area contributed by atoms with E-state index in [0.717, 1.165) is 32.6 Å². The summed E-state index contributed by atoms with van der Waals surface area (Å²) in [5.41, 5.74) is 1.45. The fraction of sp³-hybridized carbons (Fsp3) is 0.762. The molecule has 2 aliphatic heterocycles. The minimum absolute atomic E-state index is 0.00120. The number of methoxy groups -OCH3 is 1. The Kier molecular flexibility index (Phi) is 4.91. The highest BCUT2D eigenvalue weighted by molar-refractivity contribution is 7.10. The Morgan fingerprint density at radius 3 is 2.69 bits per heavy atom. The lowest BCUT2D eigenvalue weighted by molar-refractivity contribution is -0.174. The van der Waals surface area contributed by atoms with Crippen LogP contribution in [0.1, 0.15) is 50.0 Å². The van der Waals surface area contributed by atoms with Crippen molar-refractivity contribution in [1.29, 1.82) is 0 Å². The number of piperidine rings is 1. The number of fused-ring (bicyclic) bond motifs is 1. The molecule has 0 unspecified atom stereocenters. The molecular weight excluding hydrogens is 344 g/mol. The van der Waals surface area contributed by atoms with Crippen molar-refractivity contribution in [2.45, 2.75) is 52.6 Å². The average molecular weight is 377 g/mol. The van der Waals surface area contributed by atoms with Crippen LogP contribution in [0.25, 0.3) is 0 Å². The fourth-order valence-corrected chi connectivity index (χ4v) is 6.70. The lowest BCUT2D eigenvalue weighted by Crippen LogP contribution is -2.57. The van der Waals surface area contributed by atoms with Crippen molar-refractivity contribution < 1.29 is 9.53 Å². The van der Waals surface area contributed by atoms with Crippen molar-refractivity contribution in [3.05, 3.63) is 21.9 Å². The molecule has 3 fully saturated rings. The number of carbonyl (C=O) groups excluding carboxylic acids is 1. The van der Waals surface area contributed by atoms with Gasteiger partial charge in [0.15, 0.2) is 0 Å². The Labute approximate surface area is 161 Å². The zero-order valence-corrected chi connectivity index (χ0v) is 17.2. The second-order valence-corrected chi connectivity index (χ2v) is 10.3. The molecule has 0 N–H and O–H groups in total. The maximum Gasteiger partial charge on any atom is 0.313 e. The van der Waals surface area contributed by atoms with Crippen LogP contribution in [0.15, 0.2) is 11.4 Å². The largest absolute Gasteiger partial charge is 0.469 e. The number of likely N-dealkylation sites (tertiary alicyclic amines) is 2. The molecule has 1 aromatic rings. The Morgan fingerprint density at radius 1 is 1.23 bits per heavy atom. The van der Waals surface area contributed by atoms with Gasteiger partial charge in [-0.3, -0.25) is 14.6 Å². The van der Waals surface area contributed by atoms with Gasteiger partial charge in [-0.25, -0.2) is 0 Å². The second-order valence-electron chi connectivity index (χ2n) is 9.29. The van der Waals surface area contributed by atoms with Crippen LogP contribution >= 0.6 is 11.3 Å². The quantitative estimate of drug-likeness (QED) is 0.733. The predicted molar refractivity (Wildman–Crippen MR) is 105 cm³/mol. The first kappa shape index (κ1) is 18.5. The summed E-state index contributed by atoms with van der Waals surface area (Å²) in [6.45, 7) is 11.0. The van der Waals surface area contributed by atoms with Crippen molar-refractivity contribution in [3.63, 3.8) is 0 Å². The standard InChI is InChI=1S/C21H32N2O2S/c1-20(2)14-21(19(24)25-3)15-23(12-18(20)21)11-17-9-16(13-26-17)10-22-7-5-4-6-8-22/h9,13,18H,4-8,10-12,14-15H2,1-3H3/t18-,21+/m1/s1. The number of rotatable bonds is 5. The third-order valence-electron chi connectivity index (χ3n) is 6.86. The van der Waals surface area contributed by atoms with E-state index >= 15 is 0 Å². The summed E-state index contributed by atoms with van der Waals surface area (Å²) in [7, 11) is 1.54. The topological polar surface area (TPSA) is 32.8 Å². The van der Waals surface area contributed by atoms with Crippen LogP contribution in [0, 0.1) is 16.7 Å². The molecule has 4 rings (SSSR count). The molecule has 3 heterocycles. The van der Waals surface area contributed by atoms with Crippen LogP contribution in [0.3, 0.4) is 0 Å². The smallest absolute Gasteiger partial charge is 0.313 e. The van der Waals surface area contributed by atoms with Crippen molar-refractivity contribution in [2.75, 3.05) is 33.3 Å². The van der Waals surface area contributed by atoms with E-state index in [9.17, 15) is 4.79 Å². The minimum Gasteiger partial charge on any atom is -0.469 e. The van der Waals surface area contributed by atoms with E-state index in [2.05, 4.69) is 35.1 Å². The van der Waals surface area contributed by atoms with E-state index < -0.39 is 0 Å². The molecule has 144 valence electrons. The normalized spacial score (nSPS) is 31.4. The molecule has 0 bridgehead atoms. The maximum atomic E-state index is 12.5. The van der Waals surface area contributed by atoms with Gasteiger partial charge >= 0.3 is 5.97 Å². The zero-order valence-electron chi connectivity index (χ0n) is 16.4. The summed E-state index contributed by atoms with van der Waals surface area (Å²) in [5, 5.41) is 2.33.